The summed E-state index contributed by atoms with van der Waals surface area (Å²) in [7, 11) is 0. The molecule has 9 heteroatoms. The fourth-order valence-electron chi connectivity index (χ4n) is 1.75. The molecule has 2 aliphatic rings. The van der Waals surface area contributed by atoms with Crippen LogP contribution in [0.3, 0.4) is 0 Å². The monoisotopic (exact) mass is 258 g/mol. The zero-order valence-corrected chi connectivity index (χ0v) is 9.09. The van der Waals surface area contributed by atoms with Crippen LogP contribution >= 0.6 is 0 Å². The lowest BCUT2D eigenvalue weighted by Crippen LogP contribution is -2.42. The minimum Gasteiger partial charge on any atom is -0.423 e. The van der Waals surface area contributed by atoms with E-state index in [4.69, 9.17) is 15.6 Å². The van der Waals surface area contributed by atoms with Gasteiger partial charge in [0.1, 0.15) is 18.3 Å². The van der Waals surface area contributed by atoms with Gasteiger partial charge in [-0.15, -0.1) is 4.90 Å². The third-order valence-electron chi connectivity index (χ3n) is 2.71. The Balaban J connectivity index is 2.20. The van der Waals surface area contributed by atoms with Gasteiger partial charge in [-0.2, -0.15) is 0 Å². The second-order valence-electron chi connectivity index (χ2n) is 3.85. The normalized spacial score (nSPS) is 35.2. The Morgan fingerprint density at radius 1 is 1.50 bits per heavy atom. The molecular formula is C9H12N3O6+. The van der Waals surface area contributed by atoms with Crippen molar-refractivity contribution < 1.29 is 30.0 Å². The van der Waals surface area contributed by atoms with E-state index in [2.05, 4.69) is 11.3 Å². The lowest BCUT2D eigenvalue weighted by atomic mass is 10.1. The van der Waals surface area contributed by atoms with Gasteiger partial charge in [0.05, 0.1) is 6.61 Å². The highest BCUT2D eigenvalue weighted by Gasteiger charge is 2.52. The molecule has 0 spiro atoms. The number of ether oxygens (including phenoxy) is 1. The standard InChI is InChI=1S/C9H11N3O6/c10-7(16)4-8(17)12(2-11-4)9-6(15)5(14)3(1-13)18-9/h3,5-6,9,13-15H,1H2,(H2-,10,16,17)/p+1/t3-,5-,6-,9-/m1/s1. The summed E-state index contributed by atoms with van der Waals surface area (Å²) in [6.07, 6.45) is -2.71. The minimum absolute atomic E-state index is 0.423. The molecule has 6 N–H and O–H groups in total. The van der Waals surface area contributed by atoms with Gasteiger partial charge in [-0.1, -0.05) is 0 Å². The highest BCUT2D eigenvalue weighted by Crippen LogP contribution is 2.28. The molecule has 1 fully saturated rings. The van der Waals surface area contributed by atoms with E-state index < -0.39 is 48.6 Å². The molecule has 2 aliphatic heterocycles. The first-order valence-electron chi connectivity index (χ1n) is 5.08. The number of aliphatic imine (C=N–C) groups is 1. The van der Waals surface area contributed by atoms with Crippen molar-refractivity contribution in [2.45, 2.75) is 24.5 Å². The highest BCUT2D eigenvalue weighted by atomic mass is 16.6. The summed E-state index contributed by atoms with van der Waals surface area (Å²) in [4.78, 5) is 15.2. The van der Waals surface area contributed by atoms with Crippen molar-refractivity contribution in [3.63, 3.8) is 0 Å². The second kappa shape index (κ2) is 4.48. The number of hydrogen-bond acceptors (Lipinski definition) is 8. The van der Waals surface area contributed by atoms with Crippen molar-refractivity contribution in [1.82, 2.24) is 4.90 Å². The molecule has 1 amide bonds. The molecule has 18 heavy (non-hydrogen) atoms. The Labute approximate surface area is 101 Å². The summed E-state index contributed by atoms with van der Waals surface area (Å²) in [5.74, 6) is -1.59. The van der Waals surface area contributed by atoms with Gasteiger partial charge in [0.2, 0.25) is 6.23 Å². The average Bonchev–Trinajstić information content (AvgIpc) is 2.82. The largest absolute Gasteiger partial charge is 0.423 e. The van der Waals surface area contributed by atoms with Gasteiger partial charge in [-0.3, -0.25) is 0 Å². The zero-order valence-electron chi connectivity index (χ0n) is 9.09. The van der Waals surface area contributed by atoms with Crippen LogP contribution in [0.15, 0.2) is 16.6 Å². The number of carbonyl (C=O) groups is 1. The lowest BCUT2D eigenvalue weighted by Gasteiger charge is -2.16. The number of aliphatic hydroxyl groups is 4. The molecule has 0 aromatic heterocycles. The molecule has 2 heterocycles. The average molecular weight is 258 g/mol. The van der Waals surface area contributed by atoms with Gasteiger partial charge >= 0.3 is 17.5 Å². The molecule has 1 saturated heterocycles. The molecule has 0 aliphatic carbocycles. The van der Waals surface area contributed by atoms with Gasteiger partial charge in [0.25, 0.3) is 6.34 Å². The third-order valence-corrected chi connectivity index (χ3v) is 2.71. The SMILES string of the molecule is NC(=O)C1=C(O)N([C@@H]2O[C@H](CO)[C@@H](O)[C@H]2O)[C+]=N1. The highest BCUT2D eigenvalue weighted by molar-refractivity contribution is 5.95. The van der Waals surface area contributed by atoms with E-state index in [-0.39, 0.29) is 0 Å². The van der Waals surface area contributed by atoms with Crippen molar-refractivity contribution in [3.8, 4) is 0 Å². The Hall–Kier alpha value is -1.77. The van der Waals surface area contributed by atoms with Crippen molar-refractivity contribution in [2.24, 2.45) is 10.7 Å². The van der Waals surface area contributed by atoms with Crippen LogP contribution in [0.2, 0.25) is 0 Å². The van der Waals surface area contributed by atoms with Crippen molar-refractivity contribution >= 4 is 12.2 Å². The van der Waals surface area contributed by atoms with Crippen LogP contribution in [0.5, 0.6) is 0 Å². The van der Waals surface area contributed by atoms with E-state index in [0.717, 1.165) is 4.90 Å². The molecule has 0 aromatic rings. The summed E-state index contributed by atoms with van der Waals surface area (Å²) in [5, 5.41) is 37.8. The molecule has 0 saturated carbocycles. The third kappa shape index (κ3) is 1.80. The molecule has 2 rings (SSSR count). The molecule has 4 atom stereocenters. The quantitative estimate of drug-likeness (QED) is 0.336. The smallest absolute Gasteiger partial charge is 0.387 e. The van der Waals surface area contributed by atoms with Crippen LogP contribution in [0.25, 0.3) is 0 Å². The van der Waals surface area contributed by atoms with Crippen LogP contribution < -0.4 is 5.73 Å². The maximum absolute atomic E-state index is 10.9. The molecule has 0 radical (unpaired) electrons. The van der Waals surface area contributed by atoms with E-state index >= 15 is 0 Å². The number of nitrogens with zero attached hydrogens (tertiary/aromatic N) is 2. The number of nitrogens with two attached hydrogens (primary N) is 1. The van der Waals surface area contributed by atoms with Gasteiger partial charge in [0.15, 0.2) is 0 Å². The molecular weight excluding hydrogens is 246 g/mol. The number of aliphatic hydroxyl groups excluding tert-OH is 4. The molecule has 0 unspecified atom stereocenters. The van der Waals surface area contributed by atoms with Crippen molar-refractivity contribution in [3.05, 3.63) is 11.6 Å². The van der Waals surface area contributed by atoms with Crippen molar-refractivity contribution in [1.29, 1.82) is 0 Å². The van der Waals surface area contributed by atoms with E-state index in [1.165, 1.54) is 0 Å². The number of primary amides is 1. The summed E-state index contributed by atoms with van der Waals surface area (Å²) < 4.78 is 5.12. The van der Waals surface area contributed by atoms with E-state index in [1.807, 2.05) is 0 Å². The topological polar surface area (TPSA) is 149 Å². The first kappa shape index (κ1) is 12.7. The fraction of sp³-hybridized carbons (Fsp3) is 0.556. The number of carbonyl (C=O) groups excluding carboxylic acids is 1. The van der Waals surface area contributed by atoms with Gasteiger partial charge in [-0.25, -0.2) is 4.79 Å². The first-order valence-corrected chi connectivity index (χ1v) is 5.08. The van der Waals surface area contributed by atoms with E-state index in [9.17, 15) is 20.1 Å². The minimum atomic E-state index is -1.40. The van der Waals surface area contributed by atoms with Crippen LogP contribution in [-0.2, 0) is 9.53 Å². The van der Waals surface area contributed by atoms with Crippen LogP contribution in [-0.4, -0.2) is 68.7 Å². The van der Waals surface area contributed by atoms with E-state index in [1.54, 1.807) is 0 Å². The first-order chi connectivity index (χ1) is 8.47. The van der Waals surface area contributed by atoms with Crippen LogP contribution in [0.1, 0.15) is 0 Å². The van der Waals surface area contributed by atoms with Gasteiger partial charge in [-0.05, 0) is 4.99 Å². The Kier molecular flexibility index (Phi) is 3.16. The van der Waals surface area contributed by atoms with Gasteiger partial charge in [0, 0.05) is 0 Å². The fourth-order valence-corrected chi connectivity index (χ4v) is 1.75. The van der Waals surface area contributed by atoms with Crippen molar-refractivity contribution in [2.75, 3.05) is 6.61 Å². The van der Waals surface area contributed by atoms with Crippen LogP contribution in [0.4, 0.5) is 0 Å². The second-order valence-corrected chi connectivity index (χ2v) is 3.85. The van der Waals surface area contributed by atoms with Crippen LogP contribution in [0, 0.1) is 0 Å². The lowest BCUT2D eigenvalue weighted by molar-refractivity contribution is -0.115. The molecule has 9 nitrogen and oxygen atoms in total. The molecule has 98 valence electrons. The summed E-state index contributed by atoms with van der Waals surface area (Å²) in [5.41, 5.74) is 4.53. The Morgan fingerprint density at radius 3 is 2.61 bits per heavy atom. The van der Waals surface area contributed by atoms with Gasteiger partial charge < -0.3 is 30.9 Å². The Bertz CT molecular complexity index is 423. The summed E-state index contributed by atoms with van der Waals surface area (Å²) in [6, 6.07) is 0. The maximum Gasteiger partial charge on any atom is 0.387 e. The summed E-state index contributed by atoms with van der Waals surface area (Å²) >= 11 is 0. The predicted octanol–water partition coefficient (Wildman–Crippen LogP) is -3.14. The van der Waals surface area contributed by atoms with E-state index in [0.29, 0.717) is 0 Å². The number of amides is 1. The molecule has 0 aromatic carbocycles. The zero-order chi connectivity index (χ0) is 13.4. The number of rotatable bonds is 3. The summed E-state index contributed by atoms with van der Waals surface area (Å²) in [6.45, 7) is -0.507. The molecule has 0 bridgehead atoms. The number of hydrogen-bond donors (Lipinski definition) is 5. The maximum atomic E-state index is 10.9. The predicted molar refractivity (Wildman–Crippen MR) is 55.9 cm³/mol. The Morgan fingerprint density at radius 2 is 2.17 bits per heavy atom.